The summed E-state index contributed by atoms with van der Waals surface area (Å²) >= 11 is 0. The molecule has 0 spiro atoms. The predicted octanol–water partition coefficient (Wildman–Crippen LogP) is 3.60. The van der Waals surface area contributed by atoms with Gasteiger partial charge < -0.3 is 4.52 Å². The fourth-order valence-electron chi connectivity index (χ4n) is 1.38. The lowest BCUT2D eigenvalue weighted by atomic mass is 10.2. The van der Waals surface area contributed by atoms with Crippen molar-refractivity contribution in [1.29, 1.82) is 5.26 Å². The Kier molecular flexibility index (Phi) is 8.56. The van der Waals surface area contributed by atoms with Gasteiger partial charge in [-0.2, -0.15) is 5.26 Å². The maximum absolute atomic E-state index is 12.0. The maximum atomic E-state index is 12.0. The number of rotatable bonds is 9. The van der Waals surface area contributed by atoms with Gasteiger partial charge >= 0.3 is 7.52 Å². The molecular weight excluding hydrogens is 223 g/mol. The first kappa shape index (κ1) is 15.6. The minimum atomic E-state index is -3.22. The molecule has 16 heavy (non-hydrogen) atoms. The van der Waals surface area contributed by atoms with Crippen molar-refractivity contribution in [2.45, 2.75) is 46.0 Å². The Balaban J connectivity index is 3.99. The van der Waals surface area contributed by atoms with Crippen LogP contribution in [0.3, 0.4) is 0 Å². The molecule has 0 bridgehead atoms. The zero-order chi connectivity index (χ0) is 12.4. The van der Waals surface area contributed by atoms with E-state index in [1.54, 1.807) is 7.05 Å². The summed E-state index contributed by atoms with van der Waals surface area (Å²) in [4.78, 5) is 0. The van der Waals surface area contributed by atoms with Crippen LogP contribution in [0.1, 0.15) is 46.0 Å². The van der Waals surface area contributed by atoms with Crippen molar-refractivity contribution in [2.24, 2.45) is 0 Å². The minimum Gasteiger partial charge on any atom is -0.307 e. The van der Waals surface area contributed by atoms with Gasteiger partial charge in [0, 0.05) is 6.54 Å². The van der Waals surface area contributed by atoms with Crippen LogP contribution in [0.25, 0.3) is 0 Å². The molecular formula is C11H23N2O2P. The summed E-state index contributed by atoms with van der Waals surface area (Å²) < 4.78 is 18.8. The molecule has 0 heterocycles. The lowest BCUT2D eigenvalue weighted by molar-refractivity contribution is 0.272. The van der Waals surface area contributed by atoms with Crippen LogP contribution in [-0.2, 0) is 9.09 Å². The van der Waals surface area contributed by atoms with Gasteiger partial charge in [0.05, 0.1) is 6.61 Å². The molecule has 0 fully saturated rings. The Bertz CT molecular complexity index is 263. The second-order valence-electron chi connectivity index (χ2n) is 3.90. The lowest BCUT2D eigenvalue weighted by Gasteiger charge is -2.21. The Labute approximate surface area is 99.1 Å². The highest BCUT2D eigenvalue weighted by Gasteiger charge is 2.27. The van der Waals surface area contributed by atoms with E-state index < -0.39 is 7.52 Å². The molecule has 0 aromatic heterocycles. The first-order chi connectivity index (χ1) is 7.60. The first-order valence-corrected chi connectivity index (χ1v) is 7.56. The van der Waals surface area contributed by atoms with Gasteiger partial charge in [0.2, 0.25) is 0 Å². The second-order valence-corrected chi connectivity index (χ2v) is 6.08. The van der Waals surface area contributed by atoms with E-state index in [9.17, 15) is 4.57 Å². The fraction of sp³-hybridized carbons (Fsp3) is 0.909. The topological polar surface area (TPSA) is 53.3 Å². The third kappa shape index (κ3) is 5.65. The number of unbranched alkanes of at least 4 members (excludes halogenated alkanes) is 3. The zero-order valence-corrected chi connectivity index (χ0v) is 11.5. The lowest BCUT2D eigenvalue weighted by Crippen LogP contribution is -2.17. The number of hydrogen-bond donors (Lipinski definition) is 0. The normalized spacial score (nSPS) is 14.7. The van der Waals surface area contributed by atoms with Crippen LogP contribution in [0.15, 0.2) is 0 Å². The third-order valence-electron chi connectivity index (χ3n) is 2.39. The van der Waals surface area contributed by atoms with Crippen LogP contribution in [0.2, 0.25) is 0 Å². The van der Waals surface area contributed by atoms with Gasteiger partial charge in [-0.05, 0) is 19.9 Å². The van der Waals surface area contributed by atoms with E-state index in [2.05, 4.69) is 6.92 Å². The van der Waals surface area contributed by atoms with Crippen LogP contribution in [-0.4, -0.2) is 24.9 Å². The van der Waals surface area contributed by atoms with Gasteiger partial charge in [0.25, 0.3) is 0 Å². The molecule has 94 valence electrons. The SMILES string of the molecule is CCCCCCOP(=O)(C#N)N(C)CCC. The number of nitrogens with zero attached hydrogens (tertiary/aromatic N) is 2. The van der Waals surface area contributed by atoms with E-state index >= 15 is 0 Å². The highest BCUT2D eigenvalue weighted by Crippen LogP contribution is 2.48. The van der Waals surface area contributed by atoms with Gasteiger partial charge in [-0.15, -0.1) is 0 Å². The van der Waals surface area contributed by atoms with E-state index in [1.807, 2.05) is 12.7 Å². The molecule has 0 rings (SSSR count). The van der Waals surface area contributed by atoms with Crippen molar-refractivity contribution < 1.29 is 9.09 Å². The Hall–Kier alpha value is -0.360. The van der Waals surface area contributed by atoms with Gasteiger partial charge in [-0.1, -0.05) is 33.1 Å². The Morgan fingerprint density at radius 1 is 1.25 bits per heavy atom. The average molecular weight is 246 g/mol. The smallest absolute Gasteiger partial charge is 0.307 e. The van der Waals surface area contributed by atoms with E-state index in [4.69, 9.17) is 9.79 Å². The summed E-state index contributed by atoms with van der Waals surface area (Å²) in [6.45, 7) is 5.16. The molecule has 4 nitrogen and oxygen atoms in total. The van der Waals surface area contributed by atoms with Gasteiger partial charge in [0.1, 0.15) is 0 Å². The molecule has 0 aromatic carbocycles. The summed E-state index contributed by atoms with van der Waals surface area (Å²) in [6, 6.07) is 0. The van der Waals surface area contributed by atoms with E-state index in [1.165, 1.54) is 4.67 Å². The van der Waals surface area contributed by atoms with Crippen LogP contribution in [0.5, 0.6) is 0 Å². The summed E-state index contributed by atoms with van der Waals surface area (Å²) in [5, 5.41) is 8.91. The van der Waals surface area contributed by atoms with Crippen molar-refractivity contribution in [2.75, 3.05) is 20.2 Å². The van der Waals surface area contributed by atoms with Gasteiger partial charge in [-0.3, -0.25) is 4.57 Å². The average Bonchev–Trinajstić information content (AvgIpc) is 2.28. The van der Waals surface area contributed by atoms with Crippen LogP contribution in [0, 0.1) is 11.1 Å². The fourth-order valence-corrected chi connectivity index (χ4v) is 2.62. The molecule has 0 aliphatic heterocycles. The van der Waals surface area contributed by atoms with E-state index in [0.29, 0.717) is 13.2 Å². The summed E-state index contributed by atoms with van der Waals surface area (Å²) in [7, 11) is -1.54. The quantitative estimate of drug-likeness (QED) is 0.460. The van der Waals surface area contributed by atoms with Crippen molar-refractivity contribution in [3.05, 3.63) is 0 Å². The summed E-state index contributed by atoms with van der Waals surface area (Å²) in [6.07, 6.45) is 5.12. The largest absolute Gasteiger partial charge is 0.370 e. The zero-order valence-electron chi connectivity index (χ0n) is 10.6. The van der Waals surface area contributed by atoms with Gasteiger partial charge in [0.15, 0.2) is 5.81 Å². The molecule has 0 aliphatic carbocycles. The van der Waals surface area contributed by atoms with E-state index in [0.717, 1.165) is 32.1 Å². The molecule has 1 unspecified atom stereocenters. The molecule has 0 aliphatic rings. The third-order valence-corrected chi connectivity index (χ3v) is 4.27. The Morgan fingerprint density at radius 2 is 1.94 bits per heavy atom. The molecule has 1 atom stereocenters. The van der Waals surface area contributed by atoms with Crippen molar-refractivity contribution in [3.8, 4) is 5.81 Å². The summed E-state index contributed by atoms with van der Waals surface area (Å²) in [5.41, 5.74) is 0. The number of hydrogen-bond acceptors (Lipinski definition) is 3. The van der Waals surface area contributed by atoms with Crippen molar-refractivity contribution >= 4 is 7.52 Å². The molecule has 0 N–H and O–H groups in total. The van der Waals surface area contributed by atoms with Crippen molar-refractivity contribution in [3.63, 3.8) is 0 Å². The van der Waals surface area contributed by atoms with E-state index in [-0.39, 0.29) is 0 Å². The molecule has 0 radical (unpaired) electrons. The minimum absolute atomic E-state index is 0.416. The van der Waals surface area contributed by atoms with Crippen LogP contribution in [0.4, 0.5) is 0 Å². The molecule has 0 aromatic rings. The second kappa shape index (κ2) is 8.75. The molecule has 0 saturated heterocycles. The summed E-state index contributed by atoms with van der Waals surface area (Å²) in [5.74, 6) is 1.81. The monoisotopic (exact) mass is 246 g/mol. The molecule has 0 saturated carbocycles. The standard InChI is InChI=1S/C11H23N2O2P/c1-4-6-7-8-10-15-16(14,11-12)13(3)9-5-2/h4-10H2,1-3H3. The maximum Gasteiger partial charge on any atom is 0.370 e. The highest BCUT2D eigenvalue weighted by atomic mass is 31.2. The molecule has 0 amide bonds. The van der Waals surface area contributed by atoms with Crippen LogP contribution >= 0.6 is 7.52 Å². The van der Waals surface area contributed by atoms with Gasteiger partial charge in [-0.25, -0.2) is 4.67 Å². The Morgan fingerprint density at radius 3 is 2.44 bits per heavy atom. The number of nitriles is 1. The highest BCUT2D eigenvalue weighted by molar-refractivity contribution is 7.61. The first-order valence-electron chi connectivity index (χ1n) is 5.98. The molecule has 5 heteroatoms. The predicted molar refractivity (Wildman–Crippen MR) is 66.2 cm³/mol. The van der Waals surface area contributed by atoms with Crippen molar-refractivity contribution in [1.82, 2.24) is 4.67 Å². The van der Waals surface area contributed by atoms with Crippen LogP contribution < -0.4 is 0 Å².